The molecule has 15 heavy (non-hydrogen) atoms. The van der Waals surface area contributed by atoms with Crippen LogP contribution in [0.3, 0.4) is 0 Å². The maximum Gasteiger partial charge on any atom is 0.241 e. The van der Waals surface area contributed by atoms with Gasteiger partial charge in [-0.2, -0.15) is 0 Å². The molecule has 0 radical (unpaired) electrons. The van der Waals surface area contributed by atoms with Crippen molar-refractivity contribution in [3.63, 3.8) is 0 Å². The minimum absolute atomic E-state index is 0.0122. The second-order valence-corrected chi connectivity index (χ2v) is 4.53. The van der Waals surface area contributed by atoms with Gasteiger partial charge in [0, 0.05) is 13.7 Å². The fourth-order valence-corrected chi connectivity index (χ4v) is 2.09. The molecule has 1 atom stereocenters. The molecule has 1 heterocycles. The Bertz CT molecular complexity index is 229. The molecule has 4 heteroatoms. The number of carbonyl (C=O) groups is 1. The highest BCUT2D eigenvalue weighted by atomic mass is 16.5. The third kappa shape index (κ3) is 2.69. The van der Waals surface area contributed by atoms with Crippen LogP contribution in [0.5, 0.6) is 0 Å². The molecule has 0 aromatic heterocycles. The van der Waals surface area contributed by atoms with E-state index in [1.807, 2.05) is 18.7 Å². The van der Waals surface area contributed by atoms with Crippen molar-refractivity contribution in [2.24, 2.45) is 0 Å². The normalized spacial score (nSPS) is 24.9. The summed E-state index contributed by atoms with van der Waals surface area (Å²) in [5.74, 6) is 0.207. The van der Waals surface area contributed by atoms with E-state index in [-0.39, 0.29) is 17.6 Å². The van der Waals surface area contributed by atoms with Gasteiger partial charge in [0.1, 0.15) is 0 Å². The van der Waals surface area contributed by atoms with Crippen LogP contribution < -0.4 is 5.32 Å². The van der Waals surface area contributed by atoms with E-state index in [2.05, 4.69) is 12.2 Å². The van der Waals surface area contributed by atoms with Gasteiger partial charge in [0.05, 0.1) is 18.3 Å². The van der Waals surface area contributed by atoms with Crippen LogP contribution in [0.2, 0.25) is 0 Å². The van der Waals surface area contributed by atoms with Crippen molar-refractivity contribution < 1.29 is 9.53 Å². The van der Waals surface area contributed by atoms with Gasteiger partial charge in [-0.05, 0) is 20.3 Å². The van der Waals surface area contributed by atoms with Crippen molar-refractivity contribution >= 4 is 5.91 Å². The maximum absolute atomic E-state index is 12.0. The van der Waals surface area contributed by atoms with Crippen molar-refractivity contribution in [3.8, 4) is 0 Å². The molecular formula is C11H22N2O2. The molecule has 88 valence electrons. The first-order valence-corrected chi connectivity index (χ1v) is 5.61. The Kier molecular flexibility index (Phi) is 4.11. The van der Waals surface area contributed by atoms with Gasteiger partial charge in [0.15, 0.2) is 0 Å². The fourth-order valence-electron chi connectivity index (χ4n) is 2.09. The molecule has 1 unspecified atom stereocenters. The summed E-state index contributed by atoms with van der Waals surface area (Å²) >= 11 is 0. The molecule has 0 saturated carbocycles. The molecule has 1 aliphatic rings. The van der Waals surface area contributed by atoms with E-state index >= 15 is 0 Å². The Morgan fingerprint density at radius 1 is 1.53 bits per heavy atom. The number of methoxy groups -OCH3 is 1. The van der Waals surface area contributed by atoms with Crippen LogP contribution in [0.25, 0.3) is 0 Å². The molecule has 0 aliphatic carbocycles. The second kappa shape index (κ2) is 4.94. The SMILES string of the molecule is CCCC1NC(C)(C)N(CCOC)C1=O. The van der Waals surface area contributed by atoms with Crippen LogP contribution >= 0.6 is 0 Å². The lowest BCUT2D eigenvalue weighted by atomic mass is 10.2. The Hall–Kier alpha value is -0.610. The zero-order valence-electron chi connectivity index (χ0n) is 10.2. The molecule has 4 nitrogen and oxygen atoms in total. The molecule has 1 fully saturated rings. The lowest BCUT2D eigenvalue weighted by molar-refractivity contribution is -0.132. The quantitative estimate of drug-likeness (QED) is 0.741. The highest BCUT2D eigenvalue weighted by Crippen LogP contribution is 2.22. The van der Waals surface area contributed by atoms with Crippen molar-refractivity contribution in [2.75, 3.05) is 20.3 Å². The second-order valence-electron chi connectivity index (χ2n) is 4.53. The molecule has 1 saturated heterocycles. The van der Waals surface area contributed by atoms with E-state index in [1.165, 1.54) is 0 Å². The molecule has 0 aromatic carbocycles. The van der Waals surface area contributed by atoms with Gasteiger partial charge < -0.3 is 9.64 Å². The molecule has 1 N–H and O–H groups in total. The summed E-state index contributed by atoms with van der Waals surface area (Å²) in [6.45, 7) is 7.43. The van der Waals surface area contributed by atoms with E-state index in [9.17, 15) is 4.79 Å². The predicted octanol–water partition coefficient (Wildman–Crippen LogP) is 0.969. The Morgan fingerprint density at radius 3 is 2.73 bits per heavy atom. The van der Waals surface area contributed by atoms with Crippen LogP contribution in [0, 0.1) is 0 Å². The van der Waals surface area contributed by atoms with Gasteiger partial charge in [0.2, 0.25) is 5.91 Å². The first-order chi connectivity index (χ1) is 7.03. The van der Waals surface area contributed by atoms with Crippen molar-refractivity contribution in [1.29, 1.82) is 0 Å². The van der Waals surface area contributed by atoms with Gasteiger partial charge in [-0.3, -0.25) is 10.1 Å². The molecule has 0 spiro atoms. The zero-order valence-corrected chi connectivity index (χ0v) is 10.2. The number of nitrogens with one attached hydrogen (secondary N) is 1. The average molecular weight is 214 g/mol. The number of nitrogens with zero attached hydrogens (tertiary/aromatic N) is 1. The number of ether oxygens (including phenoxy) is 1. The van der Waals surface area contributed by atoms with E-state index in [4.69, 9.17) is 4.74 Å². The summed E-state index contributed by atoms with van der Waals surface area (Å²) in [6, 6.07) is -0.0122. The lowest BCUT2D eigenvalue weighted by Crippen LogP contribution is -2.48. The summed E-state index contributed by atoms with van der Waals surface area (Å²) in [5, 5.41) is 3.36. The van der Waals surface area contributed by atoms with Crippen molar-refractivity contribution in [1.82, 2.24) is 10.2 Å². The molecule has 0 aromatic rings. The van der Waals surface area contributed by atoms with Crippen LogP contribution in [-0.2, 0) is 9.53 Å². The number of hydrogen-bond donors (Lipinski definition) is 1. The van der Waals surface area contributed by atoms with Crippen molar-refractivity contribution in [3.05, 3.63) is 0 Å². The number of carbonyl (C=O) groups excluding carboxylic acids is 1. The Balaban J connectivity index is 2.64. The summed E-state index contributed by atoms with van der Waals surface area (Å²) in [7, 11) is 1.66. The lowest BCUT2D eigenvalue weighted by Gasteiger charge is -2.30. The third-order valence-electron chi connectivity index (χ3n) is 2.86. The average Bonchev–Trinajstić information content (AvgIpc) is 2.36. The summed E-state index contributed by atoms with van der Waals surface area (Å²) in [4.78, 5) is 13.9. The Labute approximate surface area is 92.0 Å². The van der Waals surface area contributed by atoms with Crippen LogP contribution in [-0.4, -0.2) is 42.8 Å². The van der Waals surface area contributed by atoms with Gasteiger partial charge in [0.25, 0.3) is 0 Å². The standard InChI is InChI=1S/C11H22N2O2/c1-5-6-9-10(14)13(7-8-15-4)11(2,3)12-9/h9,12H,5-8H2,1-4H3. The van der Waals surface area contributed by atoms with E-state index in [0.29, 0.717) is 13.2 Å². The minimum Gasteiger partial charge on any atom is -0.383 e. The first-order valence-electron chi connectivity index (χ1n) is 5.61. The predicted molar refractivity (Wildman–Crippen MR) is 59.5 cm³/mol. The third-order valence-corrected chi connectivity index (χ3v) is 2.86. The first kappa shape index (κ1) is 12.5. The number of amides is 1. The number of hydrogen-bond acceptors (Lipinski definition) is 3. The van der Waals surface area contributed by atoms with Crippen LogP contribution in [0.15, 0.2) is 0 Å². The molecule has 1 amide bonds. The summed E-state index contributed by atoms with van der Waals surface area (Å²) < 4.78 is 5.02. The number of rotatable bonds is 5. The van der Waals surface area contributed by atoms with Gasteiger partial charge in [-0.15, -0.1) is 0 Å². The fraction of sp³-hybridized carbons (Fsp3) is 0.909. The van der Waals surface area contributed by atoms with Gasteiger partial charge in [-0.1, -0.05) is 13.3 Å². The molecule has 0 bridgehead atoms. The topological polar surface area (TPSA) is 41.6 Å². The van der Waals surface area contributed by atoms with E-state index in [1.54, 1.807) is 7.11 Å². The smallest absolute Gasteiger partial charge is 0.241 e. The van der Waals surface area contributed by atoms with E-state index < -0.39 is 0 Å². The highest BCUT2D eigenvalue weighted by Gasteiger charge is 2.43. The monoisotopic (exact) mass is 214 g/mol. The molecule has 1 rings (SSSR count). The Morgan fingerprint density at radius 2 is 2.20 bits per heavy atom. The largest absolute Gasteiger partial charge is 0.383 e. The van der Waals surface area contributed by atoms with E-state index in [0.717, 1.165) is 12.8 Å². The molecule has 1 aliphatic heterocycles. The minimum atomic E-state index is -0.241. The summed E-state index contributed by atoms with van der Waals surface area (Å²) in [6.07, 6.45) is 1.93. The van der Waals surface area contributed by atoms with Crippen LogP contribution in [0.4, 0.5) is 0 Å². The van der Waals surface area contributed by atoms with Gasteiger partial charge in [-0.25, -0.2) is 0 Å². The van der Waals surface area contributed by atoms with Gasteiger partial charge >= 0.3 is 0 Å². The zero-order chi connectivity index (χ0) is 11.5. The summed E-state index contributed by atoms with van der Waals surface area (Å²) in [5.41, 5.74) is -0.241. The maximum atomic E-state index is 12.0. The molecular weight excluding hydrogens is 192 g/mol. The highest BCUT2D eigenvalue weighted by molar-refractivity contribution is 5.85. The van der Waals surface area contributed by atoms with Crippen LogP contribution in [0.1, 0.15) is 33.6 Å². The van der Waals surface area contributed by atoms with Crippen molar-refractivity contribution in [2.45, 2.75) is 45.3 Å².